The number of thiophene rings is 1. The molecule has 1 heterocycles. The average molecular weight is 344 g/mol. The van der Waals surface area contributed by atoms with Gasteiger partial charge in [-0.2, -0.15) is 0 Å². The van der Waals surface area contributed by atoms with Crippen molar-refractivity contribution in [1.29, 1.82) is 0 Å². The normalized spacial score (nSPS) is 14.8. The highest BCUT2D eigenvalue weighted by molar-refractivity contribution is 14.1. The molecule has 1 unspecified atom stereocenters. The van der Waals surface area contributed by atoms with Crippen LogP contribution >= 0.6 is 33.9 Å². The fourth-order valence-corrected chi connectivity index (χ4v) is 2.98. The molecule has 3 heteroatoms. The van der Waals surface area contributed by atoms with Crippen molar-refractivity contribution in [1.82, 2.24) is 0 Å². The molecule has 0 fully saturated rings. The van der Waals surface area contributed by atoms with Gasteiger partial charge in [-0.1, -0.05) is 12.1 Å². The predicted molar refractivity (Wildman–Crippen MR) is 76.9 cm³/mol. The molecule has 1 nitrogen and oxygen atoms in total. The van der Waals surface area contributed by atoms with Crippen molar-refractivity contribution in [3.05, 3.63) is 55.3 Å². The van der Waals surface area contributed by atoms with Crippen LogP contribution in [0.25, 0.3) is 0 Å². The van der Waals surface area contributed by atoms with Gasteiger partial charge in [0, 0.05) is 14.0 Å². The zero-order valence-electron chi connectivity index (χ0n) is 9.20. The van der Waals surface area contributed by atoms with Gasteiger partial charge in [-0.25, -0.2) is 0 Å². The lowest BCUT2D eigenvalue weighted by molar-refractivity contribution is 0.102. The van der Waals surface area contributed by atoms with E-state index in [2.05, 4.69) is 22.6 Å². The molecule has 0 saturated carbocycles. The fraction of sp³-hybridized carbons (Fsp3) is 0.231. The molecule has 2 rings (SSSR count). The van der Waals surface area contributed by atoms with E-state index in [4.69, 9.17) is 0 Å². The molecule has 1 aromatic carbocycles. The molecule has 0 spiro atoms. The summed E-state index contributed by atoms with van der Waals surface area (Å²) in [6.07, 6.45) is 0. The first kappa shape index (κ1) is 12.1. The van der Waals surface area contributed by atoms with Crippen molar-refractivity contribution in [2.75, 3.05) is 0 Å². The number of hydrogen-bond acceptors (Lipinski definition) is 2. The van der Waals surface area contributed by atoms with Gasteiger partial charge in [0.1, 0.15) is 5.60 Å². The highest BCUT2D eigenvalue weighted by Gasteiger charge is 2.27. The smallest absolute Gasteiger partial charge is 0.113 e. The predicted octanol–water partition coefficient (Wildman–Crippen LogP) is 3.92. The van der Waals surface area contributed by atoms with Crippen LogP contribution in [0.5, 0.6) is 0 Å². The number of benzene rings is 1. The van der Waals surface area contributed by atoms with Crippen molar-refractivity contribution in [2.24, 2.45) is 0 Å². The Balaban J connectivity index is 2.46. The summed E-state index contributed by atoms with van der Waals surface area (Å²) < 4.78 is 1.18. The molecule has 2 aromatic rings. The first-order chi connectivity index (χ1) is 7.51. The minimum absolute atomic E-state index is 0.894. The third-order valence-electron chi connectivity index (χ3n) is 2.79. The van der Waals surface area contributed by atoms with Gasteiger partial charge in [0.25, 0.3) is 0 Å². The molecule has 1 atom stereocenters. The maximum atomic E-state index is 10.6. The SMILES string of the molecule is Cc1sccc1C(C)(O)c1ccc(I)cc1. The molecule has 1 N–H and O–H groups in total. The molecule has 16 heavy (non-hydrogen) atoms. The van der Waals surface area contributed by atoms with Crippen molar-refractivity contribution in [3.8, 4) is 0 Å². The van der Waals surface area contributed by atoms with Gasteiger partial charge in [-0.3, -0.25) is 0 Å². The van der Waals surface area contributed by atoms with Crippen molar-refractivity contribution < 1.29 is 5.11 Å². The van der Waals surface area contributed by atoms with E-state index in [1.54, 1.807) is 11.3 Å². The van der Waals surface area contributed by atoms with Gasteiger partial charge in [0.15, 0.2) is 0 Å². The maximum absolute atomic E-state index is 10.6. The van der Waals surface area contributed by atoms with Crippen molar-refractivity contribution in [2.45, 2.75) is 19.4 Å². The van der Waals surface area contributed by atoms with Gasteiger partial charge >= 0.3 is 0 Å². The van der Waals surface area contributed by atoms with Crippen LogP contribution < -0.4 is 0 Å². The average Bonchev–Trinajstić information content (AvgIpc) is 2.66. The van der Waals surface area contributed by atoms with E-state index in [0.717, 1.165) is 11.1 Å². The summed E-state index contributed by atoms with van der Waals surface area (Å²) in [7, 11) is 0. The van der Waals surface area contributed by atoms with Crippen molar-refractivity contribution >= 4 is 33.9 Å². The summed E-state index contributed by atoms with van der Waals surface area (Å²) in [5.74, 6) is 0. The van der Waals surface area contributed by atoms with Crippen LogP contribution in [0.15, 0.2) is 35.7 Å². The van der Waals surface area contributed by atoms with Gasteiger partial charge in [0.2, 0.25) is 0 Å². The summed E-state index contributed by atoms with van der Waals surface area (Å²) >= 11 is 3.93. The van der Waals surface area contributed by atoms with Crippen LogP contribution in [0.2, 0.25) is 0 Å². The van der Waals surface area contributed by atoms with Crippen molar-refractivity contribution in [3.63, 3.8) is 0 Å². The summed E-state index contributed by atoms with van der Waals surface area (Å²) in [4.78, 5) is 1.17. The van der Waals surface area contributed by atoms with Crippen LogP contribution in [0.1, 0.15) is 22.9 Å². The number of aryl methyl sites for hydroxylation is 1. The first-order valence-electron chi connectivity index (χ1n) is 5.05. The zero-order chi connectivity index (χ0) is 11.8. The lowest BCUT2D eigenvalue weighted by atomic mass is 9.89. The molecule has 0 amide bonds. The molecule has 0 aliphatic carbocycles. The number of aliphatic hydroxyl groups is 1. The Hall–Kier alpha value is -0.390. The number of hydrogen-bond donors (Lipinski definition) is 1. The largest absolute Gasteiger partial charge is 0.381 e. The van der Waals surface area contributed by atoms with E-state index < -0.39 is 5.60 Å². The third-order valence-corrected chi connectivity index (χ3v) is 4.35. The molecule has 84 valence electrons. The lowest BCUT2D eigenvalue weighted by Gasteiger charge is -2.24. The monoisotopic (exact) mass is 344 g/mol. The summed E-state index contributed by atoms with van der Waals surface area (Å²) in [5.41, 5.74) is 1.04. The Morgan fingerprint density at radius 1 is 1.19 bits per heavy atom. The lowest BCUT2D eigenvalue weighted by Crippen LogP contribution is -2.22. The van der Waals surface area contributed by atoms with E-state index in [1.807, 2.05) is 49.6 Å². The number of halogens is 1. The van der Waals surface area contributed by atoms with E-state index in [0.29, 0.717) is 0 Å². The molecular weight excluding hydrogens is 331 g/mol. The van der Waals surface area contributed by atoms with Crippen LogP contribution in [0.3, 0.4) is 0 Å². The van der Waals surface area contributed by atoms with E-state index in [9.17, 15) is 5.11 Å². The van der Waals surface area contributed by atoms with Crippen LogP contribution in [0.4, 0.5) is 0 Å². The Bertz CT molecular complexity index is 485. The molecule has 0 saturated heterocycles. The quantitative estimate of drug-likeness (QED) is 0.819. The highest BCUT2D eigenvalue weighted by Crippen LogP contribution is 2.33. The van der Waals surface area contributed by atoms with E-state index in [1.165, 1.54) is 8.45 Å². The maximum Gasteiger partial charge on any atom is 0.113 e. The minimum Gasteiger partial charge on any atom is -0.381 e. The molecule has 0 aliphatic rings. The second-order valence-electron chi connectivity index (χ2n) is 3.97. The van der Waals surface area contributed by atoms with E-state index in [-0.39, 0.29) is 0 Å². The second-order valence-corrected chi connectivity index (χ2v) is 6.34. The molecule has 1 aromatic heterocycles. The Morgan fingerprint density at radius 2 is 1.81 bits per heavy atom. The highest BCUT2D eigenvalue weighted by atomic mass is 127. The van der Waals surface area contributed by atoms with Gasteiger partial charge in [-0.05, 0) is 65.6 Å². The standard InChI is InChI=1S/C13H13IOS/c1-9-12(7-8-16-9)13(2,15)10-3-5-11(14)6-4-10/h3-8,15H,1-2H3. The molecule has 0 bridgehead atoms. The van der Waals surface area contributed by atoms with Crippen LogP contribution in [-0.2, 0) is 5.60 Å². The van der Waals surface area contributed by atoms with Gasteiger partial charge in [-0.15, -0.1) is 11.3 Å². The molecular formula is C13H13IOS. The Kier molecular flexibility index (Phi) is 3.37. The summed E-state index contributed by atoms with van der Waals surface area (Å²) in [6.45, 7) is 3.89. The first-order valence-corrected chi connectivity index (χ1v) is 7.00. The number of rotatable bonds is 2. The van der Waals surface area contributed by atoms with Gasteiger partial charge in [0.05, 0.1) is 0 Å². The Morgan fingerprint density at radius 3 is 2.31 bits per heavy atom. The summed E-state index contributed by atoms with van der Waals surface area (Å²) in [6, 6.07) is 10.0. The zero-order valence-corrected chi connectivity index (χ0v) is 12.2. The van der Waals surface area contributed by atoms with Crippen LogP contribution in [-0.4, -0.2) is 5.11 Å². The molecule has 0 aliphatic heterocycles. The second kappa shape index (κ2) is 4.47. The fourth-order valence-electron chi connectivity index (χ4n) is 1.82. The minimum atomic E-state index is -0.894. The summed E-state index contributed by atoms with van der Waals surface area (Å²) in [5, 5.41) is 12.6. The van der Waals surface area contributed by atoms with Crippen LogP contribution in [0, 0.1) is 10.5 Å². The van der Waals surface area contributed by atoms with E-state index >= 15 is 0 Å². The third kappa shape index (κ3) is 2.17. The van der Waals surface area contributed by atoms with Gasteiger partial charge < -0.3 is 5.11 Å². The topological polar surface area (TPSA) is 20.2 Å². The molecule has 0 radical (unpaired) electrons. The Labute approximate surface area is 113 Å².